The molecule has 0 aliphatic rings. The lowest BCUT2D eigenvalue weighted by molar-refractivity contribution is 0.112. The minimum atomic E-state index is -5.01. The molecule has 2 aromatic rings. The van der Waals surface area contributed by atoms with Crippen LogP contribution in [0.1, 0.15) is 9.67 Å². The monoisotopic (exact) mass is 229 g/mol. The van der Waals surface area contributed by atoms with Crippen LogP contribution in [0.2, 0.25) is 0 Å². The van der Waals surface area contributed by atoms with Crippen LogP contribution in [-0.2, 0) is 0 Å². The first-order valence-corrected chi connectivity index (χ1v) is 5.01. The lowest BCUT2D eigenvalue weighted by Crippen LogP contribution is -2.33. The molecule has 1 aromatic carbocycles. The van der Waals surface area contributed by atoms with Gasteiger partial charge in [-0.1, -0.05) is 23.7 Å². The first kappa shape index (κ1) is 10.2. The lowest BCUT2D eigenvalue weighted by atomic mass is 9.80. The standard InChI is InChI=1S/C9H5BF3OS/c11-10(12,13)8-3-1-2-6-4-7(5-14)15-9(6)8/h1-5H/q-1. The number of carbonyl (C=O) groups is 1. The van der Waals surface area contributed by atoms with Gasteiger partial charge in [-0.05, 0) is 11.5 Å². The van der Waals surface area contributed by atoms with E-state index in [9.17, 15) is 17.7 Å². The predicted molar refractivity (Wildman–Crippen MR) is 55.9 cm³/mol. The first-order valence-electron chi connectivity index (χ1n) is 4.20. The predicted octanol–water partition coefficient (Wildman–Crippen LogP) is 2.77. The molecule has 15 heavy (non-hydrogen) atoms. The molecule has 1 aromatic heterocycles. The molecule has 0 unspecified atom stereocenters. The average Bonchev–Trinajstić information content (AvgIpc) is 2.57. The molecule has 0 saturated heterocycles. The van der Waals surface area contributed by atoms with E-state index in [-0.39, 0.29) is 4.70 Å². The smallest absolute Gasteiger partial charge is 0.445 e. The van der Waals surface area contributed by atoms with Crippen LogP contribution in [0.25, 0.3) is 10.1 Å². The zero-order valence-corrected chi connectivity index (χ0v) is 8.23. The van der Waals surface area contributed by atoms with Gasteiger partial charge in [0.05, 0.1) is 4.88 Å². The van der Waals surface area contributed by atoms with Crippen LogP contribution in [0, 0.1) is 0 Å². The summed E-state index contributed by atoms with van der Waals surface area (Å²) in [6.07, 6.45) is 0.567. The Morgan fingerprint density at radius 1 is 1.27 bits per heavy atom. The molecule has 0 spiro atoms. The molecule has 0 fully saturated rings. The second-order valence-corrected chi connectivity index (χ2v) is 4.19. The molecule has 1 heterocycles. The maximum absolute atomic E-state index is 12.6. The molecule has 1 nitrogen and oxygen atoms in total. The summed E-state index contributed by atoms with van der Waals surface area (Å²) in [6.45, 7) is -5.01. The van der Waals surface area contributed by atoms with Crippen molar-refractivity contribution in [1.29, 1.82) is 0 Å². The van der Waals surface area contributed by atoms with E-state index in [1.54, 1.807) is 6.07 Å². The van der Waals surface area contributed by atoms with Gasteiger partial charge in [0, 0.05) is 4.70 Å². The molecular formula is C9H5BF3OS-. The highest BCUT2D eigenvalue weighted by atomic mass is 32.1. The number of hydrogen-bond donors (Lipinski definition) is 0. The van der Waals surface area contributed by atoms with Gasteiger partial charge in [0.15, 0.2) is 6.29 Å². The minimum Gasteiger partial charge on any atom is -0.445 e. The van der Waals surface area contributed by atoms with Crippen molar-refractivity contribution in [2.75, 3.05) is 0 Å². The summed E-state index contributed by atoms with van der Waals surface area (Å²) in [5, 5.41) is 0.471. The largest absolute Gasteiger partial charge is 0.511 e. The van der Waals surface area contributed by atoms with Crippen molar-refractivity contribution in [3.63, 3.8) is 0 Å². The number of carbonyl (C=O) groups excluding carboxylic acids is 1. The fraction of sp³-hybridized carbons (Fsp3) is 0. The van der Waals surface area contributed by atoms with Gasteiger partial charge in [0.2, 0.25) is 0 Å². The molecule has 6 heteroatoms. The Bertz CT molecular complexity index is 518. The SMILES string of the molecule is O=Cc1cc2cccc([B-](F)(F)F)c2s1. The normalized spacial score (nSPS) is 11.9. The highest BCUT2D eigenvalue weighted by molar-refractivity contribution is 7.22. The van der Waals surface area contributed by atoms with E-state index in [1.807, 2.05) is 0 Å². The van der Waals surface area contributed by atoms with E-state index < -0.39 is 12.4 Å². The Balaban J connectivity index is 2.75. The van der Waals surface area contributed by atoms with Crippen LogP contribution in [0.15, 0.2) is 24.3 Å². The number of thiophene rings is 1. The summed E-state index contributed by atoms with van der Waals surface area (Å²) in [5.74, 6) is 0. The molecule has 0 aliphatic carbocycles. The summed E-state index contributed by atoms with van der Waals surface area (Å²) >= 11 is 0.878. The molecular weight excluding hydrogens is 224 g/mol. The van der Waals surface area contributed by atoms with Crippen LogP contribution >= 0.6 is 11.3 Å². The fourth-order valence-electron chi connectivity index (χ4n) is 1.42. The third-order valence-corrected chi connectivity index (χ3v) is 3.19. The van der Waals surface area contributed by atoms with E-state index in [4.69, 9.17) is 0 Å². The average molecular weight is 229 g/mol. The number of benzene rings is 1. The molecule has 2 rings (SSSR count). The van der Waals surface area contributed by atoms with E-state index >= 15 is 0 Å². The van der Waals surface area contributed by atoms with Crippen molar-refractivity contribution in [1.82, 2.24) is 0 Å². The van der Waals surface area contributed by atoms with Crippen LogP contribution in [0.3, 0.4) is 0 Å². The van der Waals surface area contributed by atoms with Crippen molar-refractivity contribution in [3.8, 4) is 0 Å². The van der Waals surface area contributed by atoms with Gasteiger partial charge in [-0.25, -0.2) is 0 Å². The van der Waals surface area contributed by atoms with E-state index in [0.717, 1.165) is 17.4 Å². The van der Waals surface area contributed by atoms with Gasteiger partial charge in [0.1, 0.15) is 0 Å². The van der Waals surface area contributed by atoms with Crippen molar-refractivity contribution in [3.05, 3.63) is 29.1 Å². The first-order chi connectivity index (χ1) is 7.02. The highest BCUT2D eigenvalue weighted by Crippen LogP contribution is 2.26. The lowest BCUT2D eigenvalue weighted by Gasteiger charge is -2.15. The molecule has 0 atom stereocenters. The summed E-state index contributed by atoms with van der Waals surface area (Å²) in [4.78, 5) is 10.8. The van der Waals surface area contributed by atoms with Crippen LogP contribution in [-0.4, -0.2) is 13.3 Å². The van der Waals surface area contributed by atoms with Gasteiger partial charge in [0.25, 0.3) is 0 Å². The summed E-state index contributed by atoms with van der Waals surface area (Å²) in [5.41, 5.74) is -0.620. The fourth-order valence-corrected chi connectivity index (χ4v) is 2.46. The summed E-state index contributed by atoms with van der Waals surface area (Å²) in [6, 6.07) is 5.45. The molecule has 0 radical (unpaired) electrons. The molecule has 0 amide bonds. The van der Waals surface area contributed by atoms with Crippen LogP contribution < -0.4 is 5.46 Å². The zero-order chi connectivity index (χ0) is 11.1. The maximum Gasteiger partial charge on any atom is 0.511 e. The second-order valence-electron chi connectivity index (χ2n) is 3.11. The number of halogens is 3. The van der Waals surface area contributed by atoms with Crippen molar-refractivity contribution >= 4 is 40.1 Å². The molecule has 0 aliphatic heterocycles. The summed E-state index contributed by atoms with van der Waals surface area (Å²) in [7, 11) is 0. The van der Waals surface area contributed by atoms with E-state index in [1.165, 1.54) is 12.1 Å². The maximum atomic E-state index is 12.6. The molecule has 78 valence electrons. The third-order valence-electron chi connectivity index (χ3n) is 2.06. The Kier molecular flexibility index (Phi) is 2.30. The Labute approximate surface area is 87.6 Å². The highest BCUT2D eigenvalue weighted by Gasteiger charge is 2.28. The molecule has 0 saturated carbocycles. The molecule has 0 bridgehead atoms. The third kappa shape index (κ3) is 1.77. The molecule has 0 N–H and O–H groups in total. The zero-order valence-electron chi connectivity index (χ0n) is 7.41. The van der Waals surface area contributed by atoms with Gasteiger partial charge < -0.3 is 12.9 Å². The van der Waals surface area contributed by atoms with Gasteiger partial charge in [-0.15, -0.1) is 11.3 Å². The Morgan fingerprint density at radius 2 is 2.00 bits per heavy atom. The Morgan fingerprint density at radius 3 is 2.60 bits per heavy atom. The van der Waals surface area contributed by atoms with Crippen LogP contribution in [0.4, 0.5) is 12.9 Å². The van der Waals surface area contributed by atoms with Gasteiger partial charge in [-0.3, -0.25) is 4.79 Å². The topological polar surface area (TPSA) is 17.1 Å². The van der Waals surface area contributed by atoms with Crippen molar-refractivity contribution in [2.45, 2.75) is 0 Å². The Hall–Kier alpha value is -1.30. The van der Waals surface area contributed by atoms with E-state index in [2.05, 4.69) is 0 Å². The van der Waals surface area contributed by atoms with Crippen molar-refractivity contribution in [2.24, 2.45) is 0 Å². The number of rotatable bonds is 2. The van der Waals surface area contributed by atoms with E-state index in [0.29, 0.717) is 16.5 Å². The minimum absolute atomic E-state index is 0.145. The number of fused-ring (bicyclic) bond motifs is 1. The quantitative estimate of drug-likeness (QED) is 0.571. The van der Waals surface area contributed by atoms with Gasteiger partial charge >= 0.3 is 6.98 Å². The van der Waals surface area contributed by atoms with Gasteiger partial charge in [-0.2, -0.15) is 0 Å². The van der Waals surface area contributed by atoms with Crippen LogP contribution in [0.5, 0.6) is 0 Å². The van der Waals surface area contributed by atoms with Crippen molar-refractivity contribution < 1.29 is 17.7 Å². The summed E-state index contributed by atoms with van der Waals surface area (Å²) < 4.78 is 38.0. The second kappa shape index (κ2) is 3.38. The number of hydrogen-bond acceptors (Lipinski definition) is 2. The number of aldehydes is 1.